The predicted molar refractivity (Wildman–Crippen MR) is 80.5 cm³/mol. The Labute approximate surface area is 133 Å². The molecule has 7 heteroatoms. The van der Waals surface area contributed by atoms with E-state index in [1.54, 1.807) is 24.3 Å². The molecule has 1 heterocycles. The van der Waals surface area contributed by atoms with Crippen LogP contribution in [0.5, 0.6) is 5.75 Å². The fraction of sp³-hybridized carbons (Fsp3) is 0.562. The van der Waals surface area contributed by atoms with Crippen LogP contribution in [0.2, 0.25) is 0 Å². The highest BCUT2D eigenvalue weighted by Crippen LogP contribution is 2.22. The van der Waals surface area contributed by atoms with Gasteiger partial charge in [0.25, 0.3) is 5.91 Å². The zero-order chi connectivity index (χ0) is 16.9. The first kappa shape index (κ1) is 17.6. The lowest BCUT2D eigenvalue weighted by Gasteiger charge is -2.32. The molecule has 1 aliphatic heterocycles. The average molecular weight is 330 g/mol. The van der Waals surface area contributed by atoms with Crippen LogP contribution in [0.25, 0.3) is 0 Å². The third kappa shape index (κ3) is 5.74. The molecule has 0 saturated carbocycles. The van der Waals surface area contributed by atoms with Gasteiger partial charge in [0.05, 0.1) is 13.7 Å². The smallest absolute Gasteiger partial charge is 0.401 e. The number of nitrogens with zero attached hydrogens (tertiary/aromatic N) is 1. The van der Waals surface area contributed by atoms with Crippen molar-refractivity contribution in [3.05, 3.63) is 29.8 Å². The van der Waals surface area contributed by atoms with E-state index in [1.807, 2.05) is 0 Å². The number of carbonyl (C=O) groups excluding carboxylic acids is 1. The van der Waals surface area contributed by atoms with Gasteiger partial charge < -0.3 is 10.1 Å². The van der Waals surface area contributed by atoms with Gasteiger partial charge in [-0.25, -0.2) is 0 Å². The number of ether oxygens (including phenoxy) is 1. The Morgan fingerprint density at radius 3 is 2.65 bits per heavy atom. The van der Waals surface area contributed by atoms with Crippen molar-refractivity contribution in [2.24, 2.45) is 5.92 Å². The number of alkyl halides is 3. The topological polar surface area (TPSA) is 41.6 Å². The summed E-state index contributed by atoms with van der Waals surface area (Å²) in [7, 11) is 1.53. The first-order chi connectivity index (χ1) is 10.9. The van der Waals surface area contributed by atoms with E-state index in [1.165, 1.54) is 12.0 Å². The molecule has 23 heavy (non-hydrogen) atoms. The maximum atomic E-state index is 12.3. The van der Waals surface area contributed by atoms with Gasteiger partial charge in [-0.1, -0.05) is 6.07 Å². The molecule has 1 aliphatic rings. The number of benzene rings is 1. The molecule has 0 spiro atoms. The zero-order valence-corrected chi connectivity index (χ0v) is 13.0. The van der Waals surface area contributed by atoms with E-state index in [0.717, 1.165) is 0 Å². The Morgan fingerprint density at radius 2 is 2.04 bits per heavy atom. The van der Waals surface area contributed by atoms with Crippen LogP contribution in [0.3, 0.4) is 0 Å². The van der Waals surface area contributed by atoms with Crippen LogP contribution in [0.15, 0.2) is 24.3 Å². The van der Waals surface area contributed by atoms with Crippen molar-refractivity contribution in [1.29, 1.82) is 0 Å². The first-order valence-electron chi connectivity index (χ1n) is 7.59. The summed E-state index contributed by atoms with van der Waals surface area (Å²) < 4.78 is 42.1. The van der Waals surface area contributed by atoms with E-state index in [4.69, 9.17) is 4.74 Å². The summed E-state index contributed by atoms with van der Waals surface area (Å²) in [5, 5.41) is 2.85. The lowest BCUT2D eigenvalue weighted by atomic mass is 9.96. The Kier molecular flexibility index (Phi) is 5.87. The summed E-state index contributed by atoms with van der Waals surface area (Å²) in [6, 6.07) is 6.85. The molecule has 4 nitrogen and oxygen atoms in total. The Morgan fingerprint density at radius 1 is 1.35 bits per heavy atom. The Bertz CT molecular complexity index is 526. The normalized spacial score (nSPS) is 17.0. The third-order valence-electron chi connectivity index (χ3n) is 3.99. The van der Waals surface area contributed by atoms with Crippen LogP contribution in [0, 0.1) is 5.92 Å². The number of nitrogens with one attached hydrogen (secondary N) is 1. The van der Waals surface area contributed by atoms with Crippen molar-refractivity contribution in [1.82, 2.24) is 10.2 Å². The molecule has 1 amide bonds. The quantitative estimate of drug-likeness (QED) is 0.902. The summed E-state index contributed by atoms with van der Waals surface area (Å²) in [5.74, 6) is 0.633. The number of hydrogen-bond acceptors (Lipinski definition) is 3. The fourth-order valence-electron chi connectivity index (χ4n) is 2.71. The minimum Gasteiger partial charge on any atom is -0.497 e. The second kappa shape index (κ2) is 7.68. The van der Waals surface area contributed by atoms with E-state index in [2.05, 4.69) is 5.32 Å². The maximum absolute atomic E-state index is 12.3. The highest BCUT2D eigenvalue weighted by atomic mass is 19.4. The summed E-state index contributed by atoms with van der Waals surface area (Å²) in [6.07, 6.45) is -2.82. The largest absolute Gasteiger partial charge is 0.497 e. The van der Waals surface area contributed by atoms with Crippen molar-refractivity contribution in [2.75, 3.05) is 33.3 Å². The van der Waals surface area contributed by atoms with E-state index in [0.29, 0.717) is 43.8 Å². The summed E-state index contributed by atoms with van der Waals surface area (Å²) >= 11 is 0. The van der Waals surface area contributed by atoms with Crippen molar-refractivity contribution in [3.8, 4) is 5.75 Å². The molecule has 0 unspecified atom stereocenters. The van der Waals surface area contributed by atoms with E-state index in [9.17, 15) is 18.0 Å². The number of rotatable bonds is 5. The molecule has 1 N–H and O–H groups in total. The molecule has 128 valence electrons. The lowest BCUT2D eigenvalue weighted by Crippen LogP contribution is -2.42. The van der Waals surface area contributed by atoms with Gasteiger partial charge >= 0.3 is 6.18 Å². The molecule has 2 rings (SSSR count). The minimum atomic E-state index is -4.15. The molecule has 1 aromatic carbocycles. The summed E-state index contributed by atoms with van der Waals surface area (Å²) in [5.41, 5.74) is 0.513. The number of amides is 1. The SMILES string of the molecule is COc1cccc(C(=O)NCC2CCN(CC(F)(F)F)CC2)c1. The second-order valence-electron chi connectivity index (χ2n) is 5.78. The van der Waals surface area contributed by atoms with Crippen molar-refractivity contribution >= 4 is 5.91 Å². The molecule has 1 saturated heterocycles. The van der Waals surface area contributed by atoms with Crippen molar-refractivity contribution < 1.29 is 22.7 Å². The monoisotopic (exact) mass is 330 g/mol. The van der Waals surface area contributed by atoms with Gasteiger partial charge in [-0.2, -0.15) is 13.2 Å². The van der Waals surface area contributed by atoms with Crippen LogP contribution in [0.1, 0.15) is 23.2 Å². The number of hydrogen-bond donors (Lipinski definition) is 1. The highest BCUT2D eigenvalue weighted by molar-refractivity contribution is 5.94. The molecule has 0 atom stereocenters. The highest BCUT2D eigenvalue weighted by Gasteiger charge is 2.32. The summed E-state index contributed by atoms with van der Waals surface area (Å²) in [6.45, 7) is 0.463. The fourth-order valence-corrected chi connectivity index (χ4v) is 2.71. The minimum absolute atomic E-state index is 0.193. The van der Waals surface area contributed by atoms with E-state index >= 15 is 0 Å². The van der Waals surface area contributed by atoms with Gasteiger partial charge in [0, 0.05) is 12.1 Å². The number of likely N-dealkylation sites (tertiary alicyclic amines) is 1. The van der Waals surface area contributed by atoms with E-state index in [-0.39, 0.29) is 11.8 Å². The molecule has 0 bridgehead atoms. The molecule has 0 radical (unpaired) electrons. The predicted octanol–water partition coefficient (Wildman–Crippen LogP) is 2.70. The van der Waals surface area contributed by atoms with Gasteiger partial charge in [-0.15, -0.1) is 0 Å². The molecule has 0 aromatic heterocycles. The van der Waals surface area contributed by atoms with Crippen molar-refractivity contribution in [2.45, 2.75) is 19.0 Å². The molecular formula is C16H21F3N2O2. The number of piperidine rings is 1. The molecule has 0 aliphatic carbocycles. The zero-order valence-electron chi connectivity index (χ0n) is 13.0. The van der Waals surface area contributed by atoms with Gasteiger partial charge in [0.15, 0.2) is 0 Å². The van der Waals surface area contributed by atoms with Crippen LogP contribution in [0.4, 0.5) is 13.2 Å². The van der Waals surface area contributed by atoms with Crippen LogP contribution in [-0.4, -0.2) is 50.3 Å². The first-order valence-corrected chi connectivity index (χ1v) is 7.59. The van der Waals surface area contributed by atoms with Crippen LogP contribution >= 0.6 is 0 Å². The Balaban J connectivity index is 1.75. The Hall–Kier alpha value is -1.76. The van der Waals surface area contributed by atoms with Gasteiger partial charge in [0.1, 0.15) is 5.75 Å². The maximum Gasteiger partial charge on any atom is 0.401 e. The lowest BCUT2D eigenvalue weighted by molar-refractivity contribution is -0.148. The number of halogens is 3. The van der Waals surface area contributed by atoms with Crippen LogP contribution < -0.4 is 10.1 Å². The average Bonchev–Trinajstić information content (AvgIpc) is 2.52. The van der Waals surface area contributed by atoms with Gasteiger partial charge in [0.2, 0.25) is 0 Å². The molecule has 1 fully saturated rings. The van der Waals surface area contributed by atoms with E-state index < -0.39 is 12.7 Å². The number of carbonyl (C=O) groups is 1. The van der Waals surface area contributed by atoms with Gasteiger partial charge in [-0.05, 0) is 50.0 Å². The third-order valence-corrected chi connectivity index (χ3v) is 3.99. The summed E-state index contributed by atoms with van der Waals surface area (Å²) in [4.78, 5) is 13.5. The van der Waals surface area contributed by atoms with Gasteiger partial charge in [-0.3, -0.25) is 9.69 Å². The second-order valence-corrected chi connectivity index (χ2v) is 5.78. The standard InChI is InChI=1S/C16H21F3N2O2/c1-23-14-4-2-3-13(9-14)15(22)20-10-12-5-7-21(8-6-12)11-16(17,18)19/h2-4,9,12H,5-8,10-11H2,1H3,(H,20,22). The van der Waals surface area contributed by atoms with Crippen molar-refractivity contribution in [3.63, 3.8) is 0 Å². The molecule has 1 aromatic rings. The number of methoxy groups -OCH3 is 1. The molecular weight excluding hydrogens is 309 g/mol. The van der Waals surface area contributed by atoms with Crippen LogP contribution in [-0.2, 0) is 0 Å².